The fourth-order valence-electron chi connectivity index (χ4n) is 9.58. The van der Waals surface area contributed by atoms with Crippen molar-refractivity contribution in [1.29, 1.82) is 0 Å². The molecule has 0 unspecified atom stereocenters. The van der Waals surface area contributed by atoms with Crippen LogP contribution < -0.4 is 113 Å². The SMILES string of the molecule is C1COCCOCCOCCOCCOCCO1.C1COCCOCCOCCOCCOCCO1.C[Si](C)(C)[Si-](c1ccccc1)[Si]12OCCN(CCO1)CCO2.C[Si](C)(C)[Si-](c1ccccc1)[Si]12OCCN(CCO1)CCO2.[K+].[K+].c1ccccc1. The van der Waals surface area contributed by atoms with E-state index >= 15 is 0 Å². The Labute approximate surface area is 620 Å². The Hall–Kier alpha value is 1.43. The summed E-state index contributed by atoms with van der Waals surface area (Å²) >= 11 is 0. The molecule has 88 heavy (non-hydrogen) atoms. The van der Waals surface area contributed by atoms with Crippen LogP contribution in [0, 0.1) is 0 Å². The molecule has 3 aromatic rings. The number of fused-ring (bicyclic) bond motifs is 12. The smallest absolute Gasteiger partial charge is 0.394 e. The van der Waals surface area contributed by atoms with E-state index in [2.05, 4.69) is 110 Å². The van der Waals surface area contributed by atoms with Crippen molar-refractivity contribution in [2.45, 2.75) is 39.3 Å². The van der Waals surface area contributed by atoms with Crippen LogP contribution in [0.3, 0.4) is 0 Å². The Morgan fingerprint density at radius 2 is 0.398 bits per heavy atom. The summed E-state index contributed by atoms with van der Waals surface area (Å²) in [5, 5.41) is 2.85. The number of nitrogens with zero attached hydrogens (tertiary/aromatic N) is 2. The van der Waals surface area contributed by atoms with Crippen molar-refractivity contribution in [1.82, 2.24) is 9.80 Å². The van der Waals surface area contributed by atoms with Gasteiger partial charge in [-0.2, -0.15) is 26.0 Å². The molecule has 0 aromatic heterocycles. The summed E-state index contributed by atoms with van der Waals surface area (Å²) in [6, 6.07) is 33.8. The molecular formula is C60H106K2N2O18Si6. The summed E-state index contributed by atoms with van der Waals surface area (Å²) < 4.78 is 102. The maximum absolute atomic E-state index is 6.42. The first-order valence-corrected chi connectivity index (χ1v) is 48.6. The molecule has 4 bridgehead atoms. The van der Waals surface area contributed by atoms with E-state index in [1.165, 1.54) is 10.4 Å². The molecule has 8 saturated heterocycles. The van der Waals surface area contributed by atoms with Crippen molar-refractivity contribution in [2.24, 2.45) is 0 Å². The van der Waals surface area contributed by atoms with Crippen LogP contribution in [0.1, 0.15) is 0 Å². The third-order valence-electron chi connectivity index (χ3n) is 13.6. The van der Waals surface area contributed by atoms with Gasteiger partial charge in [-0.25, -0.2) is 0 Å². The summed E-state index contributed by atoms with van der Waals surface area (Å²) in [6.45, 7) is 39.3. The predicted octanol–water partition coefficient (Wildman–Crippen LogP) is -1.70. The summed E-state index contributed by atoms with van der Waals surface area (Å²) in [7, 11) is -10.1. The molecule has 0 aliphatic carbocycles. The summed E-state index contributed by atoms with van der Waals surface area (Å²) in [6.07, 6.45) is 0. The van der Waals surface area contributed by atoms with E-state index in [1.54, 1.807) is 0 Å². The maximum Gasteiger partial charge on any atom is 1.00 e. The Balaban J connectivity index is 0.000000296. The van der Waals surface area contributed by atoms with Crippen molar-refractivity contribution in [2.75, 3.05) is 237 Å². The van der Waals surface area contributed by atoms with Crippen molar-refractivity contribution in [3.05, 3.63) is 97.1 Å². The summed E-state index contributed by atoms with van der Waals surface area (Å²) in [5.74, 6) is 0. The minimum Gasteiger partial charge on any atom is -0.394 e. The van der Waals surface area contributed by atoms with Gasteiger partial charge in [-0.15, -0.1) is 0 Å². The maximum atomic E-state index is 6.42. The second-order valence-corrected chi connectivity index (χ2v) is 59.7. The van der Waals surface area contributed by atoms with Crippen molar-refractivity contribution < 1.29 is 186 Å². The molecule has 8 fully saturated rings. The molecule has 0 atom stereocenters. The number of benzene rings is 3. The number of hydrogen-bond donors (Lipinski definition) is 0. The minimum atomic E-state index is -2.60. The topological polar surface area (TPSA) is 173 Å². The van der Waals surface area contributed by atoms with Crippen LogP contribution in [-0.2, 0) is 83.4 Å². The zero-order valence-corrected chi connectivity index (χ0v) is 67.2. The number of ether oxygens (including phenoxy) is 12. The van der Waals surface area contributed by atoms with Crippen LogP contribution in [0.15, 0.2) is 97.1 Å². The van der Waals surface area contributed by atoms with Gasteiger partial charge in [0.2, 0.25) is 0 Å². The molecule has 20 nitrogen and oxygen atoms in total. The largest absolute Gasteiger partial charge is 1.00 e. The van der Waals surface area contributed by atoms with Crippen LogP contribution in [0.4, 0.5) is 0 Å². The van der Waals surface area contributed by atoms with Crippen LogP contribution in [0.5, 0.6) is 0 Å². The first-order valence-electron chi connectivity index (χ1n) is 31.1. The quantitative estimate of drug-likeness (QED) is 0.256. The molecule has 0 radical (unpaired) electrons. The molecule has 11 rings (SSSR count). The van der Waals surface area contributed by atoms with Crippen LogP contribution in [-0.4, -0.2) is 295 Å². The predicted molar refractivity (Wildman–Crippen MR) is 347 cm³/mol. The number of rotatable bonds is 6. The molecule has 0 saturated carbocycles. The van der Waals surface area contributed by atoms with Gasteiger partial charge < -0.3 is 83.4 Å². The van der Waals surface area contributed by atoms with Gasteiger partial charge in [0.1, 0.15) is 0 Å². The molecule has 8 aliphatic rings. The van der Waals surface area contributed by atoms with E-state index in [0.717, 1.165) is 78.9 Å². The summed E-state index contributed by atoms with van der Waals surface area (Å²) in [5.41, 5.74) is 0. The van der Waals surface area contributed by atoms with Crippen LogP contribution >= 0.6 is 0 Å². The fraction of sp³-hybridized carbons (Fsp3) is 0.700. The molecule has 0 N–H and O–H groups in total. The standard InChI is InChI=1S/2C15H26NO3Si3.2C12H24O6.C6H6.2K/c2*1-21(2,3)20(15-7-5-4-6-8-15)22-17-12-9-16(10-13-18-22)11-14-19-22;2*1-2-14-5-6-16-9-10-18-12-11-17-8-7-15-4-3-13-1;1-2-4-6-5-3-1;;/h2*4-8H,9-14H2,1-3H3;2*1-12H2;1-6H;;/q2*-1;;;;2*+1. The Morgan fingerprint density at radius 1 is 0.250 bits per heavy atom. The monoisotopic (exact) mass is 1390 g/mol. The molecule has 3 aromatic carbocycles. The van der Waals surface area contributed by atoms with Gasteiger partial charge >= 0.3 is 119 Å². The molecule has 8 aliphatic heterocycles. The summed E-state index contributed by atoms with van der Waals surface area (Å²) in [4.78, 5) is 4.75. The van der Waals surface area contributed by atoms with Crippen molar-refractivity contribution >= 4 is 57.9 Å². The van der Waals surface area contributed by atoms with Crippen molar-refractivity contribution in [3.63, 3.8) is 0 Å². The molecular weight excluding hydrogens is 1280 g/mol. The Bertz CT molecular complexity index is 1710. The van der Waals surface area contributed by atoms with Gasteiger partial charge in [0, 0.05) is 78.9 Å². The average Bonchev–Trinajstić information content (AvgIpc) is 1.32. The van der Waals surface area contributed by atoms with Crippen LogP contribution in [0.2, 0.25) is 39.3 Å². The zero-order valence-electron chi connectivity index (χ0n) is 54.9. The van der Waals surface area contributed by atoms with E-state index in [9.17, 15) is 0 Å². The fourth-order valence-corrected chi connectivity index (χ4v) is 58.1. The molecule has 0 spiro atoms. The van der Waals surface area contributed by atoms with Gasteiger partial charge in [0.05, 0.1) is 159 Å². The number of hydrogen-bond acceptors (Lipinski definition) is 20. The first-order chi connectivity index (χ1) is 42.0. The third kappa shape index (κ3) is 36.7. The van der Waals surface area contributed by atoms with E-state index in [1.807, 2.05) is 36.4 Å². The van der Waals surface area contributed by atoms with Gasteiger partial charge in [0.25, 0.3) is 0 Å². The second-order valence-electron chi connectivity index (χ2n) is 22.4. The third-order valence-corrected chi connectivity index (χ3v) is 60.9. The van der Waals surface area contributed by atoms with Gasteiger partial charge in [0.15, 0.2) is 0 Å². The molecule has 28 heteroatoms. The minimum absolute atomic E-state index is 0. The molecule has 8 heterocycles. The normalized spacial score (nSPS) is 25.1. The van der Waals surface area contributed by atoms with E-state index in [4.69, 9.17) is 83.4 Å². The van der Waals surface area contributed by atoms with E-state index < -0.39 is 47.5 Å². The van der Waals surface area contributed by atoms with Crippen LogP contribution in [0.25, 0.3) is 0 Å². The Morgan fingerprint density at radius 3 is 0.545 bits per heavy atom. The average molecular weight is 1390 g/mol. The van der Waals surface area contributed by atoms with E-state index in [-0.39, 0.29) is 103 Å². The second kappa shape index (κ2) is 52.5. The first kappa shape index (κ1) is 83.7. The van der Waals surface area contributed by atoms with Gasteiger partial charge in [-0.3, -0.25) is 9.80 Å². The zero-order chi connectivity index (χ0) is 61.0. The Kier molecular flexibility index (Phi) is 50.0. The van der Waals surface area contributed by atoms with Gasteiger partial charge in [-0.1, -0.05) is 152 Å². The molecule has 490 valence electrons. The van der Waals surface area contributed by atoms with Crippen molar-refractivity contribution in [3.8, 4) is 0 Å². The van der Waals surface area contributed by atoms with Gasteiger partial charge in [-0.05, 0) is 0 Å². The molecule has 0 amide bonds. The van der Waals surface area contributed by atoms with E-state index in [0.29, 0.717) is 159 Å².